The zero-order valence-electron chi connectivity index (χ0n) is 24.1. The van der Waals surface area contributed by atoms with Gasteiger partial charge < -0.3 is 0 Å². The van der Waals surface area contributed by atoms with Gasteiger partial charge in [0.15, 0.2) is 5.82 Å². The van der Waals surface area contributed by atoms with Crippen LogP contribution in [0.25, 0.3) is 77.8 Å². The Bertz CT molecular complexity index is 2610. The summed E-state index contributed by atoms with van der Waals surface area (Å²) in [5.74, 6) is 0.723. The van der Waals surface area contributed by atoms with Crippen molar-refractivity contribution < 1.29 is 0 Å². The number of rotatable bonds is 3. The molecule has 6 aromatic carbocycles. The van der Waals surface area contributed by atoms with Crippen LogP contribution in [-0.4, -0.2) is 19.1 Å². The molecule has 0 atom stereocenters. The first kappa shape index (κ1) is 24.8. The lowest BCUT2D eigenvalue weighted by atomic mass is 10.1. The van der Waals surface area contributed by atoms with Crippen LogP contribution in [0.15, 0.2) is 155 Å². The Morgan fingerprint density at radius 3 is 2.09 bits per heavy atom. The van der Waals surface area contributed by atoms with Crippen molar-refractivity contribution in [1.29, 1.82) is 0 Å². The molecular weight excluding hydrogens is 569 g/mol. The minimum atomic E-state index is 0.723. The number of benzene rings is 6. The molecule has 1 aliphatic rings. The number of aromatic nitrogens is 4. The SMILES string of the molecule is c1ccc(-c2nc(-c3ccc(-n4c5ccccc5c5c6cccc7c6n(c54)-c4ccccc4S7)cc3)nc3ccccc23)cc1. The molecule has 9 aromatic rings. The number of hydrogen-bond donors (Lipinski definition) is 0. The van der Waals surface area contributed by atoms with Crippen LogP contribution in [0.5, 0.6) is 0 Å². The van der Waals surface area contributed by atoms with E-state index in [1.54, 1.807) is 0 Å². The molecule has 1 aliphatic heterocycles. The largest absolute Gasteiger partial charge is 0.295 e. The van der Waals surface area contributed by atoms with E-state index >= 15 is 0 Å². The topological polar surface area (TPSA) is 35.6 Å². The fourth-order valence-corrected chi connectivity index (χ4v) is 8.06. The molecule has 0 fully saturated rings. The molecule has 45 heavy (non-hydrogen) atoms. The third kappa shape index (κ3) is 3.56. The lowest BCUT2D eigenvalue weighted by Crippen LogP contribution is -2.05. The zero-order valence-corrected chi connectivity index (χ0v) is 24.9. The minimum absolute atomic E-state index is 0.723. The van der Waals surface area contributed by atoms with E-state index in [1.807, 2.05) is 30.0 Å². The van der Waals surface area contributed by atoms with Crippen molar-refractivity contribution in [2.75, 3.05) is 0 Å². The fourth-order valence-electron chi connectivity index (χ4n) is 6.97. The minimum Gasteiger partial charge on any atom is -0.295 e. The van der Waals surface area contributed by atoms with Gasteiger partial charge in [0.25, 0.3) is 0 Å². The van der Waals surface area contributed by atoms with Crippen LogP contribution in [0.2, 0.25) is 0 Å². The summed E-state index contributed by atoms with van der Waals surface area (Å²) in [4.78, 5) is 12.7. The molecule has 4 heterocycles. The summed E-state index contributed by atoms with van der Waals surface area (Å²) in [7, 11) is 0. The van der Waals surface area contributed by atoms with Gasteiger partial charge in [-0.3, -0.25) is 9.13 Å². The molecule has 10 rings (SSSR count). The van der Waals surface area contributed by atoms with Crippen molar-refractivity contribution in [2.45, 2.75) is 9.79 Å². The Morgan fingerprint density at radius 1 is 0.489 bits per heavy atom. The molecule has 5 heteroatoms. The molecule has 0 unspecified atom stereocenters. The van der Waals surface area contributed by atoms with Crippen molar-refractivity contribution in [3.8, 4) is 34.0 Å². The maximum atomic E-state index is 5.11. The predicted molar refractivity (Wildman–Crippen MR) is 186 cm³/mol. The van der Waals surface area contributed by atoms with E-state index in [-0.39, 0.29) is 0 Å². The van der Waals surface area contributed by atoms with Gasteiger partial charge in [-0.05, 0) is 54.6 Å². The van der Waals surface area contributed by atoms with Gasteiger partial charge in [0, 0.05) is 48.2 Å². The quantitative estimate of drug-likeness (QED) is 0.205. The number of hydrogen-bond acceptors (Lipinski definition) is 3. The summed E-state index contributed by atoms with van der Waals surface area (Å²) in [5.41, 5.74) is 9.94. The molecule has 0 radical (unpaired) electrons. The van der Waals surface area contributed by atoms with E-state index in [1.165, 1.54) is 48.3 Å². The lowest BCUT2D eigenvalue weighted by molar-refractivity contribution is 1.03. The van der Waals surface area contributed by atoms with E-state index in [9.17, 15) is 0 Å². The highest BCUT2D eigenvalue weighted by Crippen LogP contribution is 2.49. The molecule has 0 saturated heterocycles. The van der Waals surface area contributed by atoms with E-state index in [2.05, 4.69) is 137 Å². The number of fused-ring (bicyclic) bond motifs is 8. The second-order valence-electron chi connectivity index (χ2n) is 11.4. The Balaban J connectivity index is 1.21. The first-order chi connectivity index (χ1) is 22.3. The average molecular weight is 593 g/mol. The lowest BCUT2D eigenvalue weighted by Gasteiger charge is -2.21. The Hall–Kier alpha value is -5.65. The van der Waals surface area contributed by atoms with Gasteiger partial charge >= 0.3 is 0 Å². The van der Waals surface area contributed by atoms with Gasteiger partial charge in [-0.25, -0.2) is 9.97 Å². The fraction of sp³-hybridized carbons (Fsp3) is 0. The summed E-state index contributed by atoms with van der Waals surface area (Å²) in [6, 6.07) is 51.5. The highest BCUT2D eigenvalue weighted by atomic mass is 32.2. The van der Waals surface area contributed by atoms with Crippen LogP contribution in [0.1, 0.15) is 0 Å². The molecule has 210 valence electrons. The third-order valence-corrected chi connectivity index (χ3v) is 10.0. The van der Waals surface area contributed by atoms with Crippen LogP contribution in [-0.2, 0) is 0 Å². The maximum Gasteiger partial charge on any atom is 0.160 e. The summed E-state index contributed by atoms with van der Waals surface area (Å²) < 4.78 is 4.89. The summed E-state index contributed by atoms with van der Waals surface area (Å²) in [6.45, 7) is 0. The van der Waals surface area contributed by atoms with Crippen LogP contribution >= 0.6 is 11.8 Å². The Morgan fingerprint density at radius 2 is 1.20 bits per heavy atom. The summed E-state index contributed by atoms with van der Waals surface area (Å²) in [5, 5.41) is 4.88. The first-order valence-electron chi connectivity index (χ1n) is 15.1. The molecule has 0 aliphatic carbocycles. The van der Waals surface area contributed by atoms with Gasteiger partial charge in [-0.2, -0.15) is 0 Å². The molecule has 0 saturated carbocycles. The smallest absolute Gasteiger partial charge is 0.160 e. The number of nitrogens with zero attached hydrogens (tertiary/aromatic N) is 4. The Labute approximate surface area is 263 Å². The summed E-state index contributed by atoms with van der Waals surface area (Å²) >= 11 is 1.86. The van der Waals surface area contributed by atoms with Crippen molar-refractivity contribution in [1.82, 2.24) is 19.1 Å². The summed E-state index contributed by atoms with van der Waals surface area (Å²) in [6.07, 6.45) is 0. The van der Waals surface area contributed by atoms with E-state index < -0.39 is 0 Å². The van der Waals surface area contributed by atoms with E-state index in [4.69, 9.17) is 9.97 Å². The second-order valence-corrected chi connectivity index (χ2v) is 12.5. The van der Waals surface area contributed by atoms with Crippen LogP contribution in [0, 0.1) is 0 Å². The van der Waals surface area contributed by atoms with Crippen molar-refractivity contribution >= 4 is 55.5 Å². The van der Waals surface area contributed by atoms with Crippen molar-refractivity contribution in [2.24, 2.45) is 0 Å². The number of para-hydroxylation sites is 4. The van der Waals surface area contributed by atoms with Crippen molar-refractivity contribution in [3.63, 3.8) is 0 Å². The van der Waals surface area contributed by atoms with Crippen molar-refractivity contribution in [3.05, 3.63) is 146 Å². The monoisotopic (exact) mass is 592 g/mol. The highest BCUT2D eigenvalue weighted by Gasteiger charge is 2.27. The van der Waals surface area contributed by atoms with Gasteiger partial charge in [-0.1, -0.05) is 103 Å². The van der Waals surface area contributed by atoms with E-state index in [0.717, 1.165) is 39.2 Å². The van der Waals surface area contributed by atoms with Crippen LogP contribution in [0.3, 0.4) is 0 Å². The van der Waals surface area contributed by atoms with Gasteiger partial charge in [-0.15, -0.1) is 0 Å². The average Bonchev–Trinajstić information content (AvgIpc) is 3.63. The predicted octanol–water partition coefficient (Wildman–Crippen LogP) is 10.5. The van der Waals surface area contributed by atoms with E-state index in [0.29, 0.717) is 0 Å². The van der Waals surface area contributed by atoms with Gasteiger partial charge in [0.05, 0.1) is 27.9 Å². The van der Waals surface area contributed by atoms with Crippen LogP contribution < -0.4 is 0 Å². The second kappa shape index (κ2) is 9.42. The Kier molecular flexibility index (Phi) is 5.18. The molecule has 4 nitrogen and oxygen atoms in total. The normalized spacial score (nSPS) is 12.4. The standard InChI is InChI=1S/C40H24N4S/c1-2-11-25(12-3-1)37-28-13-4-6-16-31(28)41-39(42-37)26-21-23-27(24-22-26)43-32-17-7-5-14-29(32)36-30-15-10-20-35-38(30)44(40(36)43)33-18-8-9-19-34(33)45-35/h1-24H. The van der Waals surface area contributed by atoms with Gasteiger partial charge in [0.2, 0.25) is 0 Å². The third-order valence-electron chi connectivity index (χ3n) is 8.91. The molecule has 0 spiro atoms. The highest BCUT2D eigenvalue weighted by molar-refractivity contribution is 7.99. The molecule has 0 N–H and O–H groups in total. The first-order valence-corrected chi connectivity index (χ1v) is 15.9. The van der Waals surface area contributed by atoms with Crippen LogP contribution in [0.4, 0.5) is 0 Å². The zero-order chi connectivity index (χ0) is 29.5. The molecular formula is C40H24N4S. The maximum absolute atomic E-state index is 5.11. The van der Waals surface area contributed by atoms with Gasteiger partial charge in [0.1, 0.15) is 5.65 Å². The molecule has 0 amide bonds. The molecule has 0 bridgehead atoms. The molecule has 3 aromatic heterocycles.